The van der Waals surface area contributed by atoms with Crippen molar-refractivity contribution in [2.75, 3.05) is 19.5 Å². The maximum Gasteiger partial charge on any atom is 0.415 e. The fourth-order valence-electron chi connectivity index (χ4n) is 2.48. The van der Waals surface area contributed by atoms with E-state index in [1.54, 1.807) is 39.1 Å². The molecule has 0 unspecified atom stereocenters. The quantitative estimate of drug-likeness (QED) is 0.539. The van der Waals surface area contributed by atoms with Gasteiger partial charge in [-0.3, -0.25) is 4.90 Å². The number of amides is 1. The largest absolute Gasteiger partial charge is 0.480 e. The average molecular weight is 430 g/mol. The molecule has 0 spiro atoms. The zero-order valence-electron chi connectivity index (χ0n) is 18.3. The number of aliphatic imine (C=N–C) groups is 1. The van der Waals surface area contributed by atoms with Gasteiger partial charge in [0.25, 0.3) is 0 Å². The van der Waals surface area contributed by atoms with Crippen LogP contribution in [0.2, 0.25) is 0 Å². The lowest BCUT2D eigenvalue weighted by Crippen LogP contribution is -2.40. The van der Waals surface area contributed by atoms with Gasteiger partial charge >= 0.3 is 12.1 Å². The molecule has 0 saturated heterocycles. The molecule has 166 valence electrons. The summed E-state index contributed by atoms with van der Waals surface area (Å²) >= 11 is 0. The van der Waals surface area contributed by atoms with Crippen LogP contribution in [-0.2, 0) is 9.53 Å². The Labute approximate surface area is 180 Å². The first-order valence-electron chi connectivity index (χ1n) is 9.22. The number of carboxylic acids is 1. The van der Waals surface area contributed by atoms with Crippen molar-refractivity contribution in [2.45, 2.75) is 33.3 Å². The summed E-state index contributed by atoms with van der Waals surface area (Å²) < 4.78 is 10.6. The summed E-state index contributed by atoms with van der Waals surface area (Å²) in [6, 6.07) is 3.41. The van der Waals surface area contributed by atoms with Gasteiger partial charge in [-0.1, -0.05) is 0 Å². The number of carboxylic acid groups (broad SMARTS) is 1. The summed E-state index contributed by atoms with van der Waals surface area (Å²) in [4.78, 5) is 33.9. The van der Waals surface area contributed by atoms with Crippen LogP contribution < -0.4 is 10.1 Å². The second kappa shape index (κ2) is 9.28. The summed E-state index contributed by atoms with van der Waals surface area (Å²) in [7, 11) is 2.94. The monoisotopic (exact) mass is 430 g/mol. The van der Waals surface area contributed by atoms with Crippen molar-refractivity contribution in [1.29, 1.82) is 0 Å². The summed E-state index contributed by atoms with van der Waals surface area (Å²) in [5.41, 5.74) is -0.347. The zero-order valence-corrected chi connectivity index (χ0v) is 18.3. The maximum absolute atomic E-state index is 12.6. The molecular weight excluding hydrogens is 404 g/mol. The smallest absolute Gasteiger partial charge is 0.415 e. The van der Waals surface area contributed by atoms with Crippen molar-refractivity contribution < 1.29 is 24.2 Å². The van der Waals surface area contributed by atoms with Gasteiger partial charge < -0.3 is 19.9 Å². The molecule has 1 amide bonds. The van der Waals surface area contributed by atoms with E-state index in [-0.39, 0.29) is 23.1 Å². The Morgan fingerprint density at radius 3 is 2.58 bits per heavy atom. The molecule has 0 fully saturated rings. The van der Waals surface area contributed by atoms with E-state index < -0.39 is 17.7 Å². The fraction of sp³-hybridized carbons (Fsp3) is 0.350. The van der Waals surface area contributed by atoms with Crippen LogP contribution in [0.4, 0.5) is 10.5 Å². The van der Waals surface area contributed by atoms with E-state index in [0.717, 1.165) is 5.01 Å². The van der Waals surface area contributed by atoms with Crippen molar-refractivity contribution in [3.8, 4) is 5.88 Å². The predicted octanol–water partition coefficient (Wildman–Crippen LogP) is 2.86. The number of aliphatic carboxylic acids is 1. The van der Waals surface area contributed by atoms with Crippen molar-refractivity contribution in [3.05, 3.63) is 41.6 Å². The topological polar surface area (TPSA) is 129 Å². The summed E-state index contributed by atoms with van der Waals surface area (Å²) in [6.45, 7) is 10.1. The highest BCUT2D eigenvalue weighted by Gasteiger charge is 2.31. The Bertz CT molecular complexity index is 977. The first kappa shape index (κ1) is 23.4. The van der Waals surface area contributed by atoms with E-state index >= 15 is 0 Å². The van der Waals surface area contributed by atoms with Gasteiger partial charge in [-0.15, -0.1) is 0 Å². The van der Waals surface area contributed by atoms with Gasteiger partial charge in [0.2, 0.25) is 5.88 Å². The van der Waals surface area contributed by atoms with E-state index in [4.69, 9.17) is 9.47 Å². The van der Waals surface area contributed by atoms with Crippen LogP contribution in [-0.4, -0.2) is 64.4 Å². The highest BCUT2D eigenvalue weighted by Crippen LogP contribution is 2.28. The number of rotatable bonds is 5. The fourth-order valence-corrected chi connectivity index (χ4v) is 2.48. The number of carbonyl (C=O) groups excluding carboxylic acids is 1. The molecule has 0 radical (unpaired) electrons. The molecule has 11 heteroatoms. The Kier molecular flexibility index (Phi) is 7.00. The highest BCUT2D eigenvalue weighted by molar-refractivity contribution is 6.06. The number of hydrazone groups is 1. The Hall–Kier alpha value is -3.89. The third kappa shape index (κ3) is 5.59. The van der Waals surface area contributed by atoms with E-state index in [2.05, 4.69) is 27.1 Å². The normalized spacial score (nSPS) is 15.4. The number of methoxy groups -OCH3 is 1. The van der Waals surface area contributed by atoms with Crippen LogP contribution in [0, 0.1) is 0 Å². The van der Waals surface area contributed by atoms with Gasteiger partial charge in [-0.05, 0) is 39.8 Å². The molecule has 1 aromatic rings. The molecule has 1 aliphatic rings. The first-order valence-corrected chi connectivity index (χ1v) is 9.22. The van der Waals surface area contributed by atoms with E-state index in [9.17, 15) is 14.7 Å². The minimum atomic E-state index is -1.20. The Morgan fingerprint density at radius 2 is 2.03 bits per heavy atom. The molecule has 0 aromatic carbocycles. The number of pyridine rings is 1. The molecule has 0 saturated carbocycles. The minimum absolute atomic E-state index is 0.0271. The number of hydrogen-bond acceptors (Lipinski definition) is 9. The molecule has 2 heterocycles. The zero-order chi connectivity index (χ0) is 23.3. The van der Waals surface area contributed by atoms with Crippen LogP contribution in [0.3, 0.4) is 0 Å². The highest BCUT2D eigenvalue weighted by atomic mass is 16.6. The SMILES string of the molecule is C=NN1C(N(C)C(=O)OC(C)(C)C)=CC(Nc2cccnc2OC)=N/C1=C(/C)C(=O)O. The lowest BCUT2D eigenvalue weighted by molar-refractivity contribution is -0.132. The number of anilines is 1. The minimum Gasteiger partial charge on any atom is -0.480 e. The predicted molar refractivity (Wildman–Crippen MR) is 116 cm³/mol. The third-order valence-corrected chi connectivity index (χ3v) is 3.95. The van der Waals surface area contributed by atoms with Gasteiger partial charge in [0.1, 0.15) is 22.9 Å². The van der Waals surface area contributed by atoms with Crippen LogP contribution >= 0.6 is 0 Å². The Morgan fingerprint density at radius 1 is 1.35 bits per heavy atom. The Balaban J connectivity index is 2.57. The molecule has 1 aromatic heterocycles. The van der Waals surface area contributed by atoms with Crippen molar-refractivity contribution in [2.24, 2.45) is 10.1 Å². The molecule has 1 aliphatic heterocycles. The van der Waals surface area contributed by atoms with Crippen LogP contribution in [0.15, 0.2) is 51.7 Å². The number of hydrogen-bond donors (Lipinski definition) is 2. The molecule has 31 heavy (non-hydrogen) atoms. The number of nitrogens with zero attached hydrogens (tertiary/aromatic N) is 5. The van der Waals surface area contributed by atoms with Gasteiger partial charge in [-0.25, -0.2) is 19.6 Å². The van der Waals surface area contributed by atoms with Crippen LogP contribution in [0.1, 0.15) is 27.7 Å². The van der Waals surface area contributed by atoms with Crippen molar-refractivity contribution >= 4 is 30.3 Å². The van der Waals surface area contributed by atoms with Crippen LogP contribution in [0.25, 0.3) is 0 Å². The first-order chi connectivity index (χ1) is 14.5. The molecule has 0 bridgehead atoms. The van der Waals surface area contributed by atoms with E-state index in [1.807, 2.05) is 0 Å². The lowest BCUT2D eigenvalue weighted by Gasteiger charge is -2.33. The van der Waals surface area contributed by atoms with Gasteiger partial charge in [0.05, 0.1) is 12.7 Å². The van der Waals surface area contributed by atoms with Gasteiger partial charge in [-0.2, -0.15) is 10.1 Å². The second-order valence-electron chi connectivity index (χ2n) is 7.43. The average Bonchev–Trinajstić information content (AvgIpc) is 2.71. The van der Waals surface area contributed by atoms with E-state index in [1.165, 1.54) is 32.1 Å². The molecule has 0 atom stereocenters. The molecule has 11 nitrogen and oxygen atoms in total. The number of carbonyl (C=O) groups is 2. The molecule has 0 aliphatic carbocycles. The molecule has 2 rings (SSSR count). The molecular formula is C20H26N6O5. The van der Waals surface area contributed by atoms with E-state index in [0.29, 0.717) is 11.6 Å². The second-order valence-corrected chi connectivity index (χ2v) is 7.43. The lowest BCUT2D eigenvalue weighted by atomic mass is 10.2. The number of ether oxygens (including phenoxy) is 2. The number of aromatic nitrogens is 1. The number of nitrogens with one attached hydrogen (secondary N) is 1. The van der Waals surface area contributed by atoms with Gasteiger partial charge in [0, 0.05) is 26.0 Å². The molecule has 2 N–H and O–H groups in total. The van der Waals surface area contributed by atoms with Crippen molar-refractivity contribution in [1.82, 2.24) is 14.9 Å². The van der Waals surface area contributed by atoms with Crippen molar-refractivity contribution in [3.63, 3.8) is 0 Å². The maximum atomic E-state index is 12.6. The summed E-state index contributed by atoms with van der Waals surface area (Å²) in [5, 5.41) is 17.5. The summed E-state index contributed by atoms with van der Waals surface area (Å²) in [5.74, 6) is -0.509. The third-order valence-electron chi connectivity index (χ3n) is 3.95. The van der Waals surface area contributed by atoms with Gasteiger partial charge in [0.15, 0.2) is 5.82 Å². The standard InChI is InChI=1S/C20H26N6O5/c1-12(18(27)28)16-24-14(23-13-9-8-10-22-17(13)30-7)11-15(26(16)21-5)25(6)19(29)31-20(2,3)4/h8-11H,5H2,1-4,6-7H3,(H,23,24)(H,27,28)/b16-12+. The summed E-state index contributed by atoms with van der Waals surface area (Å²) in [6.07, 6.45) is 2.40. The van der Waals surface area contributed by atoms with Crippen LogP contribution in [0.5, 0.6) is 5.88 Å². The number of amidine groups is 1.